The van der Waals surface area contributed by atoms with Gasteiger partial charge in [-0.2, -0.15) is 4.36 Å². The topological polar surface area (TPSA) is 85.3 Å². The molecular weight excluding hydrogens is 376 g/mol. The van der Waals surface area contributed by atoms with E-state index in [1.165, 1.54) is 11.3 Å². The van der Waals surface area contributed by atoms with Gasteiger partial charge in [-0.05, 0) is 24.3 Å². The molecule has 9 heteroatoms. The molecule has 1 aromatic heterocycles. The Labute approximate surface area is 156 Å². The van der Waals surface area contributed by atoms with Crippen molar-refractivity contribution in [1.29, 1.82) is 0 Å². The van der Waals surface area contributed by atoms with Gasteiger partial charge in [0.05, 0.1) is 45.9 Å². The zero-order chi connectivity index (χ0) is 18.2. The molecule has 0 N–H and O–H groups in total. The molecule has 3 fully saturated rings. The highest BCUT2D eigenvalue weighted by Gasteiger charge is 2.44. The molecule has 7 nitrogen and oxygen atoms in total. The first-order valence-corrected chi connectivity index (χ1v) is 11.5. The Morgan fingerprint density at radius 1 is 1.31 bits per heavy atom. The summed E-state index contributed by atoms with van der Waals surface area (Å²) in [5.74, 6) is 0.364. The van der Waals surface area contributed by atoms with Crippen molar-refractivity contribution in [3.05, 3.63) is 22.4 Å². The Hall–Kier alpha value is -1.29. The van der Waals surface area contributed by atoms with E-state index >= 15 is 0 Å². The molecule has 3 aliphatic rings. The largest absolute Gasteiger partial charge is 0.380 e. The summed E-state index contributed by atoms with van der Waals surface area (Å²) in [6, 6.07) is 3.48. The minimum atomic E-state index is -2.56. The van der Waals surface area contributed by atoms with Crippen molar-refractivity contribution in [2.24, 2.45) is 10.3 Å². The zero-order valence-corrected chi connectivity index (χ0v) is 16.1. The van der Waals surface area contributed by atoms with Gasteiger partial charge < -0.3 is 14.4 Å². The van der Waals surface area contributed by atoms with Crippen LogP contribution in [0.3, 0.4) is 0 Å². The molecule has 3 saturated heterocycles. The molecule has 0 unspecified atom stereocenters. The quantitative estimate of drug-likeness (QED) is 0.752. The summed E-state index contributed by atoms with van der Waals surface area (Å²) < 4.78 is 28.2. The van der Waals surface area contributed by atoms with Crippen LogP contribution in [0.2, 0.25) is 0 Å². The lowest BCUT2D eigenvalue weighted by Crippen LogP contribution is -2.58. The van der Waals surface area contributed by atoms with E-state index < -0.39 is 21.2 Å². The SMILES string of the molecule is O=C(N=S1(=O)CCC2(CC1)CN(C(=O)C1COC1)CCO2)c1cccs1. The highest BCUT2D eigenvalue weighted by molar-refractivity contribution is 7.93. The van der Waals surface area contributed by atoms with E-state index in [1.54, 1.807) is 17.5 Å². The van der Waals surface area contributed by atoms with Crippen LogP contribution in [0.25, 0.3) is 0 Å². The van der Waals surface area contributed by atoms with Crippen molar-refractivity contribution in [2.45, 2.75) is 18.4 Å². The lowest BCUT2D eigenvalue weighted by Gasteiger charge is -2.46. The molecule has 142 valence electrons. The van der Waals surface area contributed by atoms with Crippen LogP contribution in [0.4, 0.5) is 0 Å². The van der Waals surface area contributed by atoms with Crippen molar-refractivity contribution >= 4 is 32.9 Å². The highest BCUT2D eigenvalue weighted by Crippen LogP contribution is 2.33. The van der Waals surface area contributed by atoms with Gasteiger partial charge in [0.2, 0.25) is 5.91 Å². The van der Waals surface area contributed by atoms with Crippen molar-refractivity contribution < 1.29 is 23.3 Å². The summed E-state index contributed by atoms with van der Waals surface area (Å²) in [4.78, 5) is 27.0. The second kappa shape index (κ2) is 7.03. The van der Waals surface area contributed by atoms with E-state index in [4.69, 9.17) is 9.47 Å². The Bertz CT molecular complexity index is 795. The van der Waals surface area contributed by atoms with Crippen LogP contribution in [-0.4, -0.2) is 70.9 Å². The Kier molecular flexibility index (Phi) is 4.89. The normalized spacial score (nSPS) is 32.2. The molecule has 4 heterocycles. The number of morpholine rings is 1. The first-order chi connectivity index (χ1) is 12.5. The van der Waals surface area contributed by atoms with Crippen LogP contribution in [-0.2, 0) is 24.0 Å². The van der Waals surface area contributed by atoms with Crippen LogP contribution in [0.15, 0.2) is 21.9 Å². The molecule has 26 heavy (non-hydrogen) atoms. The summed E-state index contributed by atoms with van der Waals surface area (Å²) in [5.41, 5.74) is -0.457. The number of hydrogen-bond acceptors (Lipinski definition) is 6. The average molecular weight is 399 g/mol. The van der Waals surface area contributed by atoms with Gasteiger partial charge in [0.25, 0.3) is 5.91 Å². The van der Waals surface area contributed by atoms with Gasteiger partial charge in [0.15, 0.2) is 0 Å². The molecule has 0 bridgehead atoms. The molecule has 4 rings (SSSR count). The number of rotatable bonds is 2. The first kappa shape index (κ1) is 18.1. The summed E-state index contributed by atoms with van der Waals surface area (Å²) in [7, 11) is -2.56. The van der Waals surface area contributed by atoms with Crippen LogP contribution in [0, 0.1) is 5.92 Å². The summed E-state index contributed by atoms with van der Waals surface area (Å²) in [6.07, 6.45) is 1.11. The molecule has 0 atom stereocenters. The number of hydrogen-bond donors (Lipinski definition) is 0. The molecule has 3 aliphatic heterocycles. The van der Waals surface area contributed by atoms with Crippen molar-refractivity contribution in [1.82, 2.24) is 4.90 Å². The van der Waals surface area contributed by atoms with Gasteiger partial charge in [-0.3, -0.25) is 9.59 Å². The Morgan fingerprint density at radius 2 is 2.08 bits per heavy atom. The Morgan fingerprint density at radius 3 is 2.69 bits per heavy atom. The average Bonchev–Trinajstić information content (AvgIpc) is 3.12. The molecule has 2 amide bonds. The fourth-order valence-corrected chi connectivity index (χ4v) is 6.41. The predicted molar refractivity (Wildman–Crippen MR) is 97.8 cm³/mol. The zero-order valence-electron chi connectivity index (χ0n) is 14.4. The minimum Gasteiger partial charge on any atom is -0.380 e. The smallest absolute Gasteiger partial charge is 0.295 e. The van der Waals surface area contributed by atoms with E-state index in [1.807, 2.05) is 4.90 Å². The van der Waals surface area contributed by atoms with Gasteiger partial charge in [-0.1, -0.05) is 6.07 Å². The third-order valence-corrected chi connectivity index (χ3v) is 8.32. The summed E-state index contributed by atoms with van der Waals surface area (Å²) in [6.45, 7) is 2.61. The fraction of sp³-hybridized carbons (Fsp3) is 0.647. The maximum absolute atomic E-state index is 13.0. The molecule has 0 saturated carbocycles. The fourth-order valence-electron chi connectivity index (χ4n) is 3.58. The molecule has 1 aromatic rings. The second-order valence-corrected chi connectivity index (χ2v) is 10.6. The van der Waals surface area contributed by atoms with E-state index in [0.717, 1.165) is 0 Å². The monoisotopic (exact) mass is 398 g/mol. The van der Waals surface area contributed by atoms with Crippen molar-refractivity contribution in [3.8, 4) is 0 Å². The van der Waals surface area contributed by atoms with Crippen LogP contribution < -0.4 is 0 Å². The van der Waals surface area contributed by atoms with Gasteiger partial charge in [0, 0.05) is 24.6 Å². The van der Waals surface area contributed by atoms with Crippen molar-refractivity contribution in [3.63, 3.8) is 0 Å². The third-order valence-electron chi connectivity index (χ3n) is 5.28. The number of amides is 2. The standard InChI is InChI=1S/C17H22N2O5S2/c20-15(14-2-1-7-25-14)18-26(22)8-3-17(4-9-26)12-19(5-6-24-17)16(21)13-10-23-11-13/h1-2,7,13H,3-6,8-12H2. The maximum atomic E-state index is 13.0. The predicted octanol–water partition coefficient (Wildman–Crippen LogP) is 1.39. The maximum Gasteiger partial charge on any atom is 0.295 e. The van der Waals surface area contributed by atoms with Crippen LogP contribution >= 0.6 is 11.3 Å². The van der Waals surface area contributed by atoms with E-state index in [9.17, 15) is 13.8 Å². The van der Waals surface area contributed by atoms with Gasteiger partial charge in [-0.25, -0.2) is 4.21 Å². The summed E-state index contributed by atoms with van der Waals surface area (Å²) >= 11 is 1.31. The number of nitrogens with zero attached hydrogens (tertiary/aromatic N) is 2. The van der Waals surface area contributed by atoms with E-state index in [0.29, 0.717) is 62.1 Å². The number of thiophene rings is 1. The number of carbonyl (C=O) groups is 2. The summed E-state index contributed by atoms with van der Waals surface area (Å²) in [5, 5.41) is 1.81. The van der Waals surface area contributed by atoms with E-state index in [2.05, 4.69) is 4.36 Å². The van der Waals surface area contributed by atoms with E-state index in [-0.39, 0.29) is 11.8 Å². The van der Waals surface area contributed by atoms with Crippen LogP contribution in [0.5, 0.6) is 0 Å². The lowest BCUT2D eigenvalue weighted by atomic mass is 9.93. The lowest BCUT2D eigenvalue weighted by molar-refractivity contribution is -0.167. The molecule has 0 radical (unpaired) electrons. The number of ether oxygens (including phenoxy) is 2. The molecule has 0 aliphatic carbocycles. The molecule has 0 aromatic carbocycles. The van der Waals surface area contributed by atoms with Crippen molar-refractivity contribution in [2.75, 3.05) is 44.4 Å². The first-order valence-electron chi connectivity index (χ1n) is 8.80. The minimum absolute atomic E-state index is 0.0311. The molecular formula is C17H22N2O5S2. The third kappa shape index (κ3) is 3.58. The van der Waals surface area contributed by atoms with Gasteiger partial charge in [0.1, 0.15) is 0 Å². The van der Waals surface area contributed by atoms with Crippen LogP contribution in [0.1, 0.15) is 22.5 Å². The number of carbonyl (C=O) groups excluding carboxylic acids is 2. The Balaban J connectivity index is 1.42. The van der Waals surface area contributed by atoms with Gasteiger partial charge in [-0.15, -0.1) is 11.3 Å². The molecule has 1 spiro atoms. The second-order valence-electron chi connectivity index (χ2n) is 7.08. The van der Waals surface area contributed by atoms with Gasteiger partial charge >= 0.3 is 0 Å². The highest BCUT2D eigenvalue weighted by atomic mass is 32.2.